The fourth-order valence-corrected chi connectivity index (χ4v) is 4.25. The van der Waals surface area contributed by atoms with Gasteiger partial charge in [-0.15, -0.1) is 0 Å². The van der Waals surface area contributed by atoms with Gasteiger partial charge in [-0.3, -0.25) is 15.5 Å². The summed E-state index contributed by atoms with van der Waals surface area (Å²) in [6.07, 6.45) is 3.13. The van der Waals surface area contributed by atoms with Gasteiger partial charge in [0.15, 0.2) is 0 Å². The Balaban J connectivity index is 1.85. The summed E-state index contributed by atoms with van der Waals surface area (Å²) >= 11 is 0. The summed E-state index contributed by atoms with van der Waals surface area (Å²) in [5, 5.41) is 15.3. The first-order valence-electron chi connectivity index (χ1n) is 8.11. The molecule has 1 saturated heterocycles. The first-order chi connectivity index (χ1) is 12.5. The van der Waals surface area contributed by atoms with Crippen LogP contribution in [0.4, 0.5) is 11.4 Å². The maximum absolute atomic E-state index is 12.6. The van der Waals surface area contributed by atoms with Crippen molar-refractivity contribution in [2.45, 2.75) is 17.7 Å². The topological polar surface area (TPSA) is 105 Å². The molecule has 1 heterocycles. The van der Waals surface area contributed by atoms with Crippen LogP contribution in [-0.4, -0.2) is 37.0 Å². The zero-order valence-electron chi connectivity index (χ0n) is 13.9. The Hall–Kier alpha value is -2.78. The summed E-state index contributed by atoms with van der Waals surface area (Å²) in [7, 11) is -3.71. The van der Waals surface area contributed by atoms with Gasteiger partial charge in [-0.2, -0.15) is 9.41 Å². The van der Waals surface area contributed by atoms with Crippen molar-refractivity contribution in [2.24, 2.45) is 5.10 Å². The van der Waals surface area contributed by atoms with Crippen LogP contribution in [0.15, 0.2) is 58.5 Å². The highest BCUT2D eigenvalue weighted by Gasteiger charge is 2.29. The molecule has 2 aromatic rings. The second-order valence-electron chi connectivity index (χ2n) is 5.83. The number of hydrogen-bond donors (Lipinski definition) is 1. The molecule has 9 heteroatoms. The molecule has 0 unspecified atom stereocenters. The maximum Gasteiger partial charge on any atom is 0.295 e. The Morgan fingerprint density at radius 3 is 2.46 bits per heavy atom. The van der Waals surface area contributed by atoms with Crippen LogP contribution in [0.3, 0.4) is 0 Å². The van der Waals surface area contributed by atoms with E-state index in [1.807, 2.05) is 30.3 Å². The minimum atomic E-state index is -3.71. The van der Waals surface area contributed by atoms with Crippen molar-refractivity contribution in [3.63, 3.8) is 0 Å². The molecule has 3 rings (SSSR count). The van der Waals surface area contributed by atoms with Gasteiger partial charge in [-0.05, 0) is 30.5 Å². The standard InChI is InChI=1S/C17H18N4O4S/c22-21(23)17-12-15(26(24,25)20-10-4-5-11-20)8-9-16(17)19-18-13-14-6-2-1-3-7-14/h1-3,6-9,12-13,19H,4-5,10-11H2. The SMILES string of the molecule is O=[N+]([O-])c1cc(S(=O)(=O)N2CCCC2)ccc1NN=Cc1ccccc1. The van der Waals surface area contributed by atoms with E-state index < -0.39 is 14.9 Å². The Bertz CT molecular complexity index is 923. The van der Waals surface area contributed by atoms with Gasteiger partial charge in [0, 0.05) is 19.2 Å². The molecule has 0 atom stereocenters. The van der Waals surface area contributed by atoms with Crippen molar-refractivity contribution in [1.29, 1.82) is 0 Å². The van der Waals surface area contributed by atoms with Crippen LogP contribution in [0.25, 0.3) is 0 Å². The average Bonchev–Trinajstić information content (AvgIpc) is 3.18. The zero-order chi connectivity index (χ0) is 18.6. The molecule has 2 aromatic carbocycles. The molecule has 0 amide bonds. The number of rotatable bonds is 6. The summed E-state index contributed by atoms with van der Waals surface area (Å²) < 4.78 is 26.5. The molecule has 1 fully saturated rings. The van der Waals surface area contributed by atoms with E-state index in [1.165, 1.54) is 22.7 Å². The molecular weight excluding hydrogens is 356 g/mol. The predicted molar refractivity (Wildman–Crippen MR) is 98.7 cm³/mol. The molecular formula is C17H18N4O4S. The van der Waals surface area contributed by atoms with E-state index in [-0.39, 0.29) is 16.3 Å². The number of hydrogen-bond acceptors (Lipinski definition) is 6. The minimum Gasteiger partial charge on any atom is -0.272 e. The minimum absolute atomic E-state index is 0.0799. The van der Waals surface area contributed by atoms with Crippen LogP contribution in [0.1, 0.15) is 18.4 Å². The van der Waals surface area contributed by atoms with E-state index in [0.717, 1.165) is 24.5 Å². The van der Waals surface area contributed by atoms with Gasteiger partial charge in [0.1, 0.15) is 5.69 Å². The smallest absolute Gasteiger partial charge is 0.272 e. The molecule has 0 saturated carbocycles. The van der Waals surface area contributed by atoms with Crippen molar-refractivity contribution < 1.29 is 13.3 Å². The zero-order valence-corrected chi connectivity index (χ0v) is 14.7. The number of hydrazone groups is 1. The third kappa shape index (κ3) is 3.89. The van der Waals surface area contributed by atoms with Gasteiger partial charge >= 0.3 is 0 Å². The highest BCUT2D eigenvalue weighted by atomic mass is 32.2. The fraction of sp³-hybridized carbons (Fsp3) is 0.235. The molecule has 1 N–H and O–H groups in total. The van der Waals surface area contributed by atoms with Crippen LogP contribution in [0.5, 0.6) is 0 Å². The number of nitrogens with one attached hydrogen (secondary N) is 1. The fourth-order valence-electron chi connectivity index (χ4n) is 2.71. The number of nitro benzene ring substituents is 1. The van der Waals surface area contributed by atoms with Crippen molar-refractivity contribution in [2.75, 3.05) is 18.5 Å². The van der Waals surface area contributed by atoms with E-state index >= 15 is 0 Å². The number of nitrogens with zero attached hydrogens (tertiary/aromatic N) is 3. The van der Waals surface area contributed by atoms with Crippen LogP contribution < -0.4 is 5.43 Å². The van der Waals surface area contributed by atoms with E-state index in [2.05, 4.69) is 10.5 Å². The van der Waals surface area contributed by atoms with Crippen molar-refractivity contribution in [3.8, 4) is 0 Å². The molecule has 0 bridgehead atoms. The summed E-state index contributed by atoms with van der Waals surface area (Å²) in [4.78, 5) is 10.7. The number of benzene rings is 2. The van der Waals surface area contributed by atoms with Gasteiger partial charge in [0.05, 0.1) is 16.0 Å². The molecule has 8 nitrogen and oxygen atoms in total. The molecule has 0 aliphatic carbocycles. The third-order valence-corrected chi connectivity index (χ3v) is 5.96. The monoisotopic (exact) mass is 374 g/mol. The Labute approximate surface area is 151 Å². The highest BCUT2D eigenvalue weighted by molar-refractivity contribution is 7.89. The van der Waals surface area contributed by atoms with Crippen LogP contribution in [0, 0.1) is 10.1 Å². The molecule has 0 spiro atoms. The third-order valence-electron chi connectivity index (χ3n) is 4.07. The lowest BCUT2D eigenvalue weighted by Gasteiger charge is -2.15. The highest BCUT2D eigenvalue weighted by Crippen LogP contribution is 2.30. The number of sulfonamides is 1. The lowest BCUT2D eigenvalue weighted by Crippen LogP contribution is -2.27. The lowest BCUT2D eigenvalue weighted by atomic mass is 10.2. The molecule has 0 radical (unpaired) electrons. The Morgan fingerprint density at radius 1 is 1.12 bits per heavy atom. The number of anilines is 1. The molecule has 1 aliphatic rings. The first kappa shape index (κ1) is 18.0. The normalized spacial score (nSPS) is 15.4. The van der Waals surface area contributed by atoms with Gasteiger partial charge in [-0.25, -0.2) is 8.42 Å². The van der Waals surface area contributed by atoms with E-state index in [4.69, 9.17) is 0 Å². The van der Waals surface area contributed by atoms with Gasteiger partial charge in [0.25, 0.3) is 5.69 Å². The van der Waals surface area contributed by atoms with Gasteiger partial charge < -0.3 is 0 Å². The Kier molecular flexibility index (Phi) is 5.29. The largest absolute Gasteiger partial charge is 0.295 e. The quantitative estimate of drug-likeness (QED) is 0.475. The number of nitro groups is 1. The van der Waals surface area contributed by atoms with Crippen LogP contribution in [-0.2, 0) is 10.0 Å². The van der Waals surface area contributed by atoms with E-state index in [9.17, 15) is 18.5 Å². The van der Waals surface area contributed by atoms with E-state index in [0.29, 0.717) is 13.1 Å². The summed E-state index contributed by atoms with van der Waals surface area (Å²) in [5.74, 6) is 0. The second-order valence-corrected chi connectivity index (χ2v) is 7.77. The average molecular weight is 374 g/mol. The van der Waals surface area contributed by atoms with Gasteiger partial charge in [0.2, 0.25) is 10.0 Å². The van der Waals surface area contributed by atoms with Gasteiger partial charge in [-0.1, -0.05) is 30.3 Å². The molecule has 136 valence electrons. The summed E-state index contributed by atoms with van der Waals surface area (Å²) in [6.45, 7) is 0.884. The molecule has 26 heavy (non-hydrogen) atoms. The van der Waals surface area contributed by atoms with Crippen LogP contribution in [0.2, 0.25) is 0 Å². The molecule has 0 aromatic heterocycles. The molecule has 1 aliphatic heterocycles. The van der Waals surface area contributed by atoms with E-state index in [1.54, 1.807) is 0 Å². The van der Waals surface area contributed by atoms with Crippen LogP contribution >= 0.6 is 0 Å². The lowest BCUT2D eigenvalue weighted by molar-refractivity contribution is -0.384. The summed E-state index contributed by atoms with van der Waals surface area (Å²) in [6, 6.07) is 13.0. The van der Waals surface area contributed by atoms with Crippen molar-refractivity contribution in [1.82, 2.24) is 4.31 Å². The predicted octanol–water partition coefficient (Wildman–Crippen LogP) is 2.83. The summed E-state index contributed by atoms with van der Waals surface area (Å²) in [5.41, 5.74) is 3.23. The van der Waals surface area contributed by atoms with Crippen molar-refractivity contribution >= 4 is 27.6 Å². The van der Waals surface area contributed by atoms with Crippen molar-refractivity contribution in [3.05, 3.63) is 64.2 Å². The second kappa shape index (κ2) is 7.63. The Morgan fingerprint density at radius 2 is 1.81 bits per heavy atom. The first-order valence-corrected chi connectivity index (χ1v) is 9.55. The maximum atomic E-state index is 12.6.